The van der Waals surface area contributed by atoms with Gasteiger partial charge >= 0.3 is 0 Å². The molecule has 0 aliphatic carbocycles. The van der Waals surface area contributed by atoms with Gasteiger partial charge in [0.25, 0.3) is 5.91 Å². The van der Waals surface area contributed by atoms with Gasteiger partial charge in [0.1, 0.15) is 18.1 Å². The van der Waals surface area contributed by atoms with Crippen molar-refractivity contribution in [1.82, 2.24) is 5.32 Å². The summed E-state index contributed by atoms with van der Waals surface area (Å²) < 4.78 is 35.7. The van der Waals surface area contributed by atoms with E-state index in [9.17, 15) is 18.0 Å². The standard InChI is InChI=1S/C20H22N2O6S/c1-14-13-29(25,26)22(20(14)24)16-5-3-15(4-6-16)19(23)21-11-12-28-18-9-7-17(27-2)8-10-18/h3-10,14H,11-13H2,1-2H3,(H,21,23)/t14-/m0/s1. The van der Waals surface area contributed by atoms with Gasteiger partial charge in [-0.1, -0.05) is 6.92 Å². The number of ether oxygens (including phenoxy) is 2. The normalized spacial score (nSPS) is 17.8. The van der Waals surface area contributed by atoms with Gasteiger partial charge in [0, 0.05) is 5.56 Å². The van der Waals surface area contributed by atoms with Crippen LogP contribution in [0.5, 0.6) is 11.5 Å². The fraction of sp³-hybridized carbons (Fsp3) is 0.300. The number of benzene rings is 2. The Hall–Kier alpha value is -3.07. The first-order valence-electron chi connectivity index (χ1n) is 9.04. The average molecular weight is 418 g/mol. The van der Waals surface area contributed by atoms with Gasteiger partial charge in [0.2, 0.25) is 15.9 Å². The van der Waals surface area contributed by atoms with Gasteiger partial charge in [-0.2, -0.15) is 0 Å². The third-order valence-corrected chi connectivity index (χ3v) is 6.31. The number of rotatable bonds is 7. The summed E-state index contributed by atoms with van der Waals surface area (Å²) in [7, 11) is -2.08. The van der Waals surface area contributed by atoms with Crippen molar-refractivity contribution in [1.29, 1.82) is 0 Å². The molecule has 154 valence electrons. The second-order valence-electron chi connectivity index (χ2n) is 6.61. The molecule has 2 aromatic carbocycles. The zero-order valence-corrected chi connectivity index (χ0v) is 16.9. The largest absolute Gasteiger partial charge is 0.497 e. The minimum Gasteiger partial charge on any atom is -0.497 e. The third kappa shape index (κ3) is 4.68. The maximum absolute atomic E-state index is 12.2. The molecule has 29 heavy (non-hydrogen) atoms. The van der Waals surface area contributed by atoms with Crippen molar-refractivity contribution in [2.45, 2.75) is 6.92 Å². The quantitative estimate of drug-likeness (QED) is 0.688. The van der Waals surface area contributed by atoms with Crippen molar-refractivity contribution in [2.24, 2.45) is 5.92 Å². The van der Waals surface area contributed by atoms with Gasteiger partial charge in [0.15, 0.2) is 0 Å². The summed E-state index contributed by atoms with van der Waals surface area (Å²) in [5.74, 6) is -0.171. The van der Waals surface area contributed by atoms with Crippen LogP contribution in [0.3, 0.4) is 0 Å². The molecule has 1 aliphatic rings. The van der Waals surface area contributed by atoms with E-state index in [-0.39, 0.29) is 24.0 Å². The van der Waals surface area contributed by atoms with Crippen LogP contribution in [0, 0.1) is 5.92 Å². The number of hydrogen-bond acceptors (Lipinski definition) is 6. The molecule has 0 bridgehead atoms. The Labute approximate surface area is 169 Å². The lowest BCUT2D eigenvalue weighted by atomic mass is 10.1. The fourth-order valence-corrected chi connectivity index (χ4v) is 4.76. The van der Waals surface area contributed by atoms with Gasteiger partial charge in [-0.15, -0.1) is 0 Å². The number of carbonyl (C=O) groups is 2. The Balaban J connectivity index is 1.53. The van der Waals surface area contributed by atoms with E-state index in [0.717, 1.165) is 10.1 Å². The Bertz CT molecular complexity index is 987. The number of methoxy groups -OCH3 is 1. The van der Waals surface area contributed by atoms with Crippen LogP contribution in [0.2, 0.25) is 0 Å². The van der Waals surface area contributed by atoms with Crippen LogP contribution in [-0.2, 0) is 14.8 Å². The Morgan fingerprint density at radius 3 is 2.28 bits per heavy atom. The van der Waals surface area contributed by atoms with Crippen LogP contribution in [0.1, 0.15) is 17.3 Å². The van der Waals surface area contributed by atoms with Crippen molar-refractivity contribution in [2.75, 3.05) is 30.3 Å². The lowest BCUT2D eigenvalue weighted by Crippen LogP contribution is -2.30. The first-order valence-corrected chi connectivity index (χ1v) is 10.6. The van der Waals surface area contributed by atoms with E-state index < -0.39 is 21.8 Å². The predicted molar refractivity (Wildman–Crippen MR) is 108 cm³/mol. The molecule has 9 heteroatoms. The molecular formula is C20H22N2O6S. The van der Waals surface area contributed by atoms with Crippen LogP contribution in [0.4, 0.5) is 5.69 Å². The summed E-state index contributed by atoms with van der Waals surface area (Å²) in [4.78, 5) is 24.3. The summed E-state index contributed by atoms with van der Waals surface area (Å²) in [6, 6.07) is 13.0. The summed E-state index contributed by atoms with van der Waals surface area (Å²) >= 11 is 0. The minimum atomic E-state index is -3.66. The number of carbonyl (C=O) groups excluding carboxylic acids is 2. The lowest BCUT2D eigenvalue weighted by Gasteiger charge is -2.15. The monoisotopic (exact) mass is 418 g/mol. The highest BCUT2D eigenvalue weighted by molar-refractivity contribution is 7.94. The van der Waals surface area contributed by atoms with Crippen molar-refractivity contribution in [3.63, 3.8) is 0 Å². The van der Waals surface area contributed by atoms with Crippen LogP contribution >= 0.6 is 0 Å². The van der Waals surface area contributed by atoms with Crippen molar-refractivity contribution in [3.8, 4) is 11.5 Å². The van der Waals surface area contributed by atoms with E-state index in [1.54, 1.807) is 38.3 Å². The van der Waals surface area contributed by atoms with Crippen LogP contribution in [-0.4, -0.2) is 46.2 Å². The molecule has 1 atom stereocenters. The van der Waals surface area contributed by atoms with Crippen LogP contribution in [0.25, 0.3) is 0 Å². The molecule has 0 radical (unpaired) electrons. The lowest BCUT2D eigenvalue weighted by molar-refractivity contribution is -0.119. The van der Waals surface area contributed by atoms with E-state index in [2.05, 4.69) is 5.32 Å². The first kappa shape index (κ1) is 20.7. The van der Waals surface area contributed by atoms with Gasteiger partial charge in [0.05, 0.1) is 31.0 Å². The predicted octanol–water partition coefficient (Wildman–Crippen LogP) is 1.82. The number of amides is 2. The molecule has 0 aromatic heterocycles. The molecule has 8 nitrogen and oxygen atoms in total. The number of sulfonamides is 1. The van der Waals surface area contributed by atoms with E-state index in [0.29, 0.717) is 17.9 Å². The molecule has 0 saturated carbocycles. The molecule has 3 rings (SSSR count). The van der Waals surface area contributed by atoms with E-state index in [4.69, 9.17) is 9.47 Å². The Kier molecular flexibility index (Phi) is 6.07. The first-order chi connectivity index (χ1) is 13.8. The molecular weight excluding hydrogens is 396 g/mol. The van der Waals surface area contributed by atoms with Crippen molar-refractivity contribution < 1.29 is 27.5 Å². The molecule has 1 fully saturated rings. The molecule has 0 unspecified atom stereocenters. The molecule has 2 aromatic rings. The summed E-state index contributed by atoms with van der Waals surface area (Å²) in [6.07, 6.45) is 0. The molecule has 1 saturated heterocycles. The van der Waals surface area contributed by atoms with E-state index >= 15 is 0 Å². The van der Waals surface area contributed by atoms with Gasteiger partial charge < -0.3 is 14.8 Å². The zero-order chi connectivity index (χ0) is 21.0. The maximum atomic E-state index is 12.2. The summed E-state index contributed by atoms with van der Waals surface area (Å²) in [6.45, 7) is 2.16. The topological polar surface area (TPSA) is 102 Å². The van der Waals surface area contributed by atoms with Crippen molar-refractivity contribution >= 4 is 27.5 Å². The van der Waals surface area contributed by atoms with E-state index in [1.807, 2.05) is 0 Å². The smallest absolute Gasteiger partial charge is 0.251 e. The number of nitrogens with zero attached hydrogens (tertiary/aromatic N) is 1. The zero-order valence-electron chi connectivity index (χ0n) is 16.1. The summed E-state index contributed by atoms with van der Waals surface area (Å²) in [5.41, 5.74) is 0.592. The molecule has 1 aliphatic heterocycles. The molecule has 1 heterocycles. The van der Waals surface area contributed by atoms with Crippen molar-refractivity contribution in [3.05, 3.63) is 54.1 Å². The van der Waals surface area contributed by atoms with Gasteiger partial charge in [-0.25, -0.2) is 12.7 Å². The highest BCUT2D eigenvalue weighted by atomic mass is 32.2. The summed E-state index contributed by atoms with van der Waals surface area (Å²) in [5, 5.41) is 2.73. The minimum absolute atomic E-state index is 0.206. The second-order valence-corrected chi connectivity index (χ2v) is 8.47. The number of anilines is 1. The van der Waals surface area contributed by atoms with Gasteiger partial charge in [-0.05, 0) is 48.5 Å². The fourth-order valence-electron chi connectivity index (χ4n) is 2.94. The molecule has 1 N–H and O–H groups in total. The highest BCUT2D eigenvalue weighted by Crippen LogP contribution is 2.28. The average Bonchev–Trinajstić information content (AvgIpc) is 2.92. The Morgan fingerprint density at radius 1 is 1.10 bits per heavy atom. The SMILES string of the molecule is COc1ccc(OCCNC(=O)c2ccc(N3C(=O)[C@@H](C)CS3(=O)=O)cc2)cc1. The van der Waals surface area contributed by atoms with Gasteiger partial charge in [-0.3, -0.25) is 9.59 Å². The number of nitrogens with one attached hydrogen (secondary N) is 1. The second kappa shape index (κ2) is 8.52. The molecule has 0 spiro atoms. The Morgan fingerprint density at radius 2 is 1.72 bits per heavy atom. The highest BCUT2D eigenvalue weighted by Gasteiger charge is 2.41. The third-order valence-electron chi connectivity index (χ3n) is 4.44. The van der Waals surface area contributed by atoms with Crippen LogP contribution in [0.15, 0.2) is 48.5 Å². The number of hydrogen-bond donors (Lipinski definition) is 1. The molecule has 2 amide bonds. The van der Waals surface area contributed by atoms with E-state index in [1.165, 1.54) is 24.3 Å². The maximum Gasteiger partial charge on any atom is 0.251 e. The van der Waals surface area contributed by atoms with Crippen LogP contribution < -0.4 is 19.1 Å².